The van der Waals surface area contributed by atoms with Crippen LogP contribution in [-0.2, 0) is 41.7 Å². The summed E-state index contributed by atoms with van der Waals surface area (Å²) in [6.45, 7) is 11.9. The van der Waals surface area contributed by atoms with E-state index < -0.39 is 38.2 Å². The van der Waals surface area contributed by atoms with Gasteiger partial charge in [0.25, 0.3) is 0 Å². The third-order valence-corrected chi connectivity index (χ3v) is 10.4. The molecule has 0 saturated carbocycles. The summed E-state index contributed by atoms with van der Waals surface area (Å²) in [7, 11) is -6.18. The van der Waals surface area contributed by atoms with Crippen molar-refractivity contribution < 1.29 is 36.0 Å². The largest absolute Gasteiger partial charge is 0.483 e. The summed E-state index contributed by atoms with van der Waals surface area (Å²) in [6, 6.07) is 23.2. The molecule has 4 unspecified atom stereocenters. The highest BCUT2D eigenvalue weighted by Crippen LogP contribution is 2.38. The van der Waals surface area contributed by atoms with E-state index in [1.807, 2.05) is 31.2 Å². The molecule has 1 aliphatic rings. The smallest absolute Gasteiger partial charge is 0.405 e. The van der Waals surface area contributed by atoms with E-state index in [1.54, 1.807) is 12.1 Å². The number of ether oxygens (including phenoxy) is 3. The summed E-state index contributed by atoms with van der Waals surface area (Å²) in [4.78, 5) is 3.01. The molecule has 222 valence electrons. The minimum Gasteiger partial charge on any atom is -0.483 e. The van der Waals surface area contributed by atoms with Gasteiger partial charge in [0.15, 0.2) is 26.6 Å². The van der Waals surface area contributed by atoms with Gasteiger partial charge in [-0.3, -0.25) is 4.55 Å². The Morgan fingerprint density at radius 2 is 1.46 bits per heavy atom. The minimum atomic E-state index is -5.62. The molecule has 4 rings (SSSR count). The van der Waals surface area contributed by atoms with E-state index in [9.17, 15) is 17.2 Å². The molecular formula is C31H37F2O6S2+. The summed E-state index contributed by atoms with van der Waals surface area (Å²) < 4.78 is 76.4. The van der Waals surface area contributed by atoms with Gasteiger partial charge in [-0.05, 0) is 91.9 Å². The van der Waals surface area contributed by atoms with Crippen molar-refractivity contribution in [2.75, 3.05) is 6.61 Å². The zero-order chi connectivity index (χ0) is 30.2. The van der Waals surface area contributed by atoms with Crippen LogP contribution in [0.3, 0.4) is 0 Å². The number of halogens is 2. The van der Waals surface area contributed by atoms with Crippen LogP contribution in [0.4, 0.5) is 8.78 Å². The van der Waals surface area contributed by atoms with Crippen LogP contribution in [0.1, 0.15) is 59.1 Å². The summed E-state index contributed by atoms with van der Waals surface area (Å²) in [5.41, 5.74) is 2.11. The number of rotatable bonds is 9. The number of benzene rings is 3. The van der Waals surface area contributed by atoms with Gasteiger partial charge in [-0.15, -0.1) is 0 Å². The molecule has 0 aromatic heterocycles. The lowest BCUT2D eigenvalue weighted by Crippen LogP contribution is -2.42. The summed E-state index contributed by atoms with van der Waals surface area (Å²) in [5, 5.41) is -4.45. The highest BCUT2D eigenvalue weighted by atomic mass is 32.2. The molecule has 6 nitrogen and oxygen atoms in total. The van der Waals surface area contributed by atoms with Gasteiger partial charge >= 0.3 is 15.4 Å². The lowest BCUT2D eigenvalue weighted by atomic mass is 9.87. The van der Waals surface area contributed by atoms with Crippen molar-refractivity contribution in [3.63, 3.8) is 0 Å². The Morgan fingerprint density at radius 3 is 1.90 bits per heavy atom. The SMILES string of the molecule is CCC1COC(C)(c2ccc([S+](c3ccc(OC(C)C(F)(F)S(=O)(=O)O)cc3)c3ccc(C(C)(C)C)cc3)cc2)O1. The fourth-order valence-electron chi connectivity index (χ4n) is 4.52. The van der Waals surface area contributed by atoms with Gasteiger partial charge in [-0.1, -0.05) is 39.8 Å². The third kappa shape index (κ3) is 6.78. The first-order chi connectivity index (χ1) is 19.0. The molecule has 3 aromatic rings. The zero-order valence-electron chi connectivity index (χ0n) is 24.1. The van der Waals surface area contributed by atoms with E-state index in [-0.39, 0.29) is 17.3 Å². The molecule has 1 aliphatic heterocycles. The molecule has 0 radical (unpaired) electrons. The van der Waals surface area contributed by atoms with Crippen LogP contribution in [0.2, 0.25) is 0 Å². The lowest BCUT2D eigenvalue weighted by Gasteiger charge is -2.24. The van der Waals surface area contributed by atoms with Crippen LogP contribution in [0.5, 0.6) is 5.75 Å². The molecule has 0 spiro atoms. The molecule has 0 bridgehead atoms. The van der Waals surface area contributed by atoms with Gasteiger partial charge in [0.05, 0.1) is 23.6 Å². The van der Waals surface area contributed by atoms with Gasteiger partial charge in [-0.2, -0.15) is 17.2 Å². The molecule has 0 aliphatic carbocycles. The standard InChI is InChI=1S/C31H36F2O6S2/c1-7-24-20-37-30(6,39-24)23-10-16-27(17-11-23)40(26-14-8-22(9-15-26)29(3,4)5)28-18-12-25(13-19-28)38-21(2)31(32,33)41(34,35)36/h8-19,21,24H,7,20H2,1-6H3/p+1. The quantitative estimate of drug-likeness (QED) is 0.203. The van der Waals surface area contributed by atoms with E-state index in [2.05, 4.69) is 52.0 Å². The first kappa shape index (κ1) is 31.4. The van der Waals surface area contributed by atoms with Crippen molar-refractivity contribution in [1.82, 2.24) is 0 Å². The van der Waals surface area contributed by atoms with Gasteiger partial charge < -0.3 is 14.2 Å². The summed E-state index contributed by atoms with van der Waals surface area (Å²) in [5.74, 6) is -0.758. The van der Waals surface area contributed by atoms with Crippen LogP contribution >= 0.6 is 0 Å². The predicted molar refractivity (Wildman–Crippen MR) is 155 cm³/mol. The van der Waals surface area contributed by atoms with Crippen molar-refractivity contribution in [3.8, 4) is 5.75 Å². The van der Waals surface area contributed by atoms with Crippen LogP contribution in [0.25, 0.3) is 0 Å². The molecule has 1 fully saturated rings. The first-order valence-electron chi connectivity index (χ1n) is 13.4. The monoisotopic (exact) mass is 607 g/mol. The van der Waals surface area contributed by atoms with Gasteiger partial charge in [0.1, 0.15) is 5.75 Å². The second-order valence-electron chi connectivity index (χ2n) is 11.3. The summed E-state index contributed by atoms with van der Waals surface area (Å²) >= 11 is 0. The van der Waals surface area contributed by atoms with E-state index >= 15 is 0 Å². The maximum absolute atomic E-state index is 14.0. The Balaban J connectivity index is 1.67. The third-order valence-electron chi connectivity index (χ3n) is 7.15. The molecule has 1 N–H and O–H groups in total. The Bertz CT molecular complexity index is 1440. The fourth-order valence-corrected chi connectivity index (χ4v) is 7.03. The van der Waals surface area contributed by atoms with Gasteiger partial charge in [0.2, 0.25) is 0 Å². The Morgan fingerprint density at radius 1 is 0.976 bits per heavy atom. The Hall–Kier alpha value is -2.50. The molecule has 10 heteroatoms. The van der Waals surface area contributed by atoms with Crippen LogP contribution in [0.15, 0.2) is 87.5 Å². The lowest BCUT2D eigenvalue weighted by molar-refractivity contribution is -0.162. The van der Waals surface area contributed by atoms with Gasteiger partial charge in [-0.25, -0.2) is 0 Å². The number of hydrogen-bond acceptors (Lipinski definition) is 5. The predicted octanol–water partition coefficient (Wildman–Crippen LogP) is 7.33. The number of hydrogen-bond donors (Lipinski definition) is 1. The molecule has 41 heavy (non-hydrogen) atoms. The minimum absolute atomic E-state index is 0.00828. The van der Waals surface area contributed by atoms with Crippen LogP contribution in [0, 0.1) is 0 Å². The Kier molecular flexibility index (Phi) is 8.93. The van der Waals surface area contributed by atoms with Crippen molar-refractivity contribution in [2.45, 2.75) is 91.3 Å². The topological polar surface area (TPSA) is 82.1 Å². The van der Waals surface area contributed by atoms with Gasteiger partial charge in [0, 0.05) is 5.56 Å². The number of alkyl halides is 2. The molecule has 0 amide bonds. The van der Waals surface area contributed by atoms with E-state index in [0.717, 1.165) is 33.6 Å². The van der Waals surface area contributed by atoms with Crippen LogP contribution in [-0.4, -0.2) is 37.0 Å². The second kappa shape index (κ2) is 11.6. The molecule has 1 heterocycles. The molecule has 1 saturated heterocycles. The zero-order valence-corrected chi connectivity index (χ0v) is 25.7. The molecular weight excluding hydrogens is 570 g/mol. The van der Waals surface area contributed by atoms with Crippen molar-refractivity contribution in [3.05, 3.63) is 83.9 Å². The van der Waals surface area contributed by atoms with E-state index in [0.29, 0.717) is 6.61 Å². The maximum Gasteiger partial charge on any atom is 0.405 e. The van der Waals surface area contributed by atoms with Crippen molar-refractivity contribution in [2.24, 2.45) is 0 Å². The average Bonchev–Trinajstić information content (AvgIpc) is 3.31. The van der Waals surface area contributed by atoms with Crippen LogP contribution < -0.4 is 4.74 Å². The van der Waals surface area contributed by atoms with Crippen molar-refractivity contribution >= 4 is 21.0 Å². The first-order valence-corrected chi connectivity index (χ1v) is 16.1. The average molecular weight is 608 g/mol. The summed E-state index contributed by atoms with van der Waals surface area (Å²) in [6.07, 6.45) is -1.17. The molecule has 3 aromatic carbocycles. The fraction of sp³-hybridized carbons (Fsp3) is 0.419. The maximum atomic E-state index is 14.0. The Labute approximate surface area is 244 Å². The second-order valence-corrected chi connectivity index (χ2v) is 14.8. The highest BCUT2D eigenvalue weighted by molar-refractivity contribution is 7.97. The normalized spacial score (nSPS) is 21.4. The highest BCUT2D eigenvalue weighted by Gasteiger charge is 2.51. The van der Waals surface area contributed by atoms with E-state index in [1.165, 1.54) is 17.7 Å². The van der Waals surface area contributed by atoms with E-state index in [4.69, 9.17) is 18.8 Å². The molecule has 4 atom stereocenters. The van der Waals surface area contributed by atoms with Crippen molar-refractivity contribution in [1.29, 1.82) is 0 Å².